The molecule has 6 heteroatoms. The van der Waals surface area contributed by atoms with Crippen molar-refractivity contribution in [2.45, 2.75) is 34.1 Å². The molecule has 0 saturated carbocycles. The third kappa shape index (κ3) is 9.75. The largest absolute Gasteiger partial charge is 0.355 e. The van der Waals surface area contributed by atoms with Gasteiger partial charge in [0.05, 0.1) is 6.54 Å². The van der Waals surface area contributed by atoms with E-state index < -0.39 is 0 Å². The van der Waals surface area contributed by atoms with Gasteiger partial charge in [-0.2, -0.15) is 0 Å². The molecule has 0 saturated heterocycles. The van der Waals surface area contributed by atoms with Crippen LogP contribution >= 0.6 is 0 Å². The third-order valence-electron chi connectivity index (χ3n) is 2.93. The predicted octanol–water partition coefficient (Wildman–Crippen LogP) is -0.0644. The summed E-state index contributed by atoms with van der Waals surface area (Å²) in [6, 6.07) is 0. The van der Waals surface area contributed by atoms with Crippen LogP contribution in [0.5, 0.6) is 0 Å². The Balaban J connectivity index is 4.10. The molecular weight excluding hydrogens is 256 g/mol. The minimum Gasteiger partial charge on any atom is -0.355 e. The normalized spacial score (nSPS) is 11.5. The van der Waals surface area contributed by atoms with Crippen LogP contribution in [0.2, 0.25) is 0 Å². The van der Waals surface area contributed by atoms with Crippen molar-refractivity contribution < 1.29 is 9.59 Å². The number of rotatable bonds is 10. The van der Waals surface area contributed by atoms with E-state index in [9.17, 15) is 9.59 Å². The van der Waals surface area contributed by atoms with Crippen LogP contribution in [0.15, 0.2) is 0 Å². The highest BCUT2D eigenvalue weighted by molar-refractivity contribution is 5.78. The number of nitrogens with one attached hydrogen (secondary N) is 2. The van der Waals surface area contributed by atoms with E-state index in [1.54, 1.807) is 0 Å². The molecule has 0 heterocycles. The Bertz CT molecular complexity index is 306. The van der Waals surface area contributed by atoms with Gasteiger partial charge in [-0.05, 0) is 24.9 Å². The van der Waals surface area contributed by atoms with Crippen LogP contribution in [-0.2, 0) is 9.59 Å². The lowest BCUT2D eigenvalue weighted by molar-refractivity contribution is -0.123. The lowest BCUT2D eigenvalue weighted by Gasteiger charge is -2.31. The highest BCUT2D eigenvalue weighted by Gasteiger charge is 2.21. The SMILES string of the molecule is CCCN(CC(=O)NCCNC(C)=O)CC(C)(C)CN. The minimum absolute atomic E-state index is 0.00559. The molecule has 0 aliphatic heterocycles. The van der Waals surface area contributed by atoms with Gasteiger partial charge in [-0.1, -0.05) is 20.8 Å². The molecule has 0 rings (SSSR count). The smallest absolute Gasteiger partial charge is 0.234 e. The lowest BCUT2D eigenvalue weighted by Crippen LogP contribution is -2.45. The van der Waals surface area contributed by atoms with Crippen molar-refractivity contribution in [3.05, 3.63) is 0 Å². The Morgan fingerprint density at radius 2 is 1.80 bits per heavy atom. The summed E-state index contributed by atoms with van der Waals surface area (Å²) in [6.07, 6.45) is 1.000. The van der Waals surface area contributed by atoms with Crippen LogP contribution in [0.3, 0.4) is 0 Å². The Kier molecular flexibility index (Phi) is 9.16. The molecule has 0 aliphatic rings. The second kappa shape index (κ2) is 9.72. The van der Waals surface area contributed by atoms with Gasteiger partial charge in [-0.25, -0.2) is 0 Å². The summed E-state index contributed by atoms with van der Waals surface area (Å²) in [4.78, 5) is 24.7. The predicted molar refractivity (Wildman–Crippen MR) is 81.3 cm³/mol. The van der Waals surface area contributed by atoms with E-state index in [0.29, 0.717) is 26.2 Å². The number of nitrogens with zero attached hydrogens (tertiary/aromatic N) is 1. The molecule has 2 amide bonds. The van der Waals surface area contributed by atoms with Crippen LogP contribution in [-0.4, -0.2) is 56.0 Å². The van der Waals surface area contributed by atoms with E-state index in [1.807, 2.05) is 0 Å². The minimum atomic E-state index is -0.0865. The summed E-state index contributed by atoms with van der Waals surface area (Å²) in [5.41, 5.74) is 5.75. The Hall–Kier alpha value is -1.14. The number of carbonyl (C=O) groups is 2. The van der Waals surface area contributed by atoms with Crippen LogP contribution in [0.25, 0.3) is 0 Å². The zero-order valence-electron chi connectivity index (χ0n) is 13.3. The third-order valence-corrected chi connectivity index (χ3v) is 2.93. The summed E-state index contributed by atoms with van der Waals surface area (Å²) in [5, 5.41) is 5.45. The first-order chi connectivity index (χ1) is 9.30. The van der Waals surface area contributed by atoms with Gasteiger partial charge in [0.15, 0.2) is 0 Å². The van der Waals surface area contributed by atoms with Gasteiger partial charge in [-0.3, -0.25) is 14.5 Å². The maximum absolute atomic E-state index is 11.9. The number of nitrogens with two attached hydrogens (primary N) is 1. The number of hydrogen-bond acceptors (Lipinski definition) is 4. The molecular formula is C14H30N4O2. The van der Waals surface area contributed by atoms with Crippen molar-refractivity contribution in [3.63, 3.8) is 0 Å². The van der Waals surface area contributed by atoms with Crippen LogP contribution in [0.4, 0.5) is 0 Å². The first-order valence-electron chi connectivity index (χ1n) is 7.24. The Morgan fingerprint density at radius 3 is 2.30 bits per heavy atom. The van der Waals surface area contributed by atoms with E-state index in [4.69, 9.17) is 5.73 Å². The van der Waals surface area contributed by atoms with Crippen molar-refractivity contribution in [3.8, 4) is 0 Å². The summed E-state index contributed by atoms with van der Waals surface area (Å²) in [6.45, 7) is 11.3. The highest BCUT2D eigenvalue weighted by Crippen LogP contribution is 2.14. The van der Waals surface area contributed by atoms with Gasteiger partial charge < -0.3 is 16.4 Å². The number of amides is 2. The molecule has 20 heavy (non-hydrogen) atoms. The first kappa shape index (κ1) is 18.9. The zero-order valence-corrected chi connectivity index (χ0v) is 13.3. The zero-order chi connectivity index (χ0) is 15.6. The maximum atomic E-state index is 11.9. The van der Waals surface area contributed by atoms with E-state index in [1.165, 1.54) is 6.92 Å². The molecule has 0 radical (unpaired) electrons. The molecule has 0 aromatic carbocycles. The molecule has 0 atom stereocenters. The highest BCUT2D eigenvalue weighted by atomic mass is 16.2. The van der Waals surface area contributed by atoms with Crippen molar-refractivity contribution in [2.24, 2.45) is 11.1 Å². The van der Waals surface area contributed by atoms with E-state index in [-0.39, 0.29) is 17.2 Å². The number of hydrogen-bond donors (Lipinski definition) is 3. The summed E-state index contributed by atoms with van der Waals surface area (Å²) < 4.78 is 0. The van der Waals surface area contributed by atoms with Gasteiger partial charge in [0.1, 0.15) is 0 Å². The fourth-order valence-electron chi connectivity index (χ4n) is 1.90. The topological polar surface area (TPSA) is 87.5 Å². The van der Waals surface area contributed by atoms with Gasteiger partial charge in [0.2, 0.25) is 11.8 Å². The lowest BCUT2D eigenvalue weighted by atomic mass is 9.93. The maximum Gasteiger partial charge on any atom is 0.234 e. The Morgan fingerprint density at radius 1 is 1.20 bits per heavy atom. The molecule has 0 fully saturated rings. The molecule has 0 bridgehead atoms. The average Bonchev–Trinajstić information content (AvgIpc) is 2.34. The molecule has 0 aliphatic carbocycles. The molecule has 0 unspecified atom stereocenters. The Labute approximate surface area is 122 Å². The fourth-order valence-corrected chi connectivity index (χ4v) is 1.90. The van der Waals surface area contributed by atoms with Crippen molar-refractivity contribution in [1.29, 1.82) is 0 Å². The van der Waals surface area contributed by atoms with E-state index >= 15 is 0 Å². The molecule has 118 valence electrons. The molecule has 6 nitrogen and oxygen atoms in total. The molecule has 0 aromatic rings. The average molecular weight is 286 g/mol. The van der Waals surface area contributed by atoms with Crippen molar-refractivity contribution in [1.82, 2.24) is 15.5 Å². The molecule has 0 spiro atoms. The number of carbonyl (C=O) groups excluding carboxylic acids is 2. The summed E-state index contributed by atoms with van der Waals surface area (Å²) in [5.74, 6) is -0.104. The molecule has 4 N–H and O–H groups in total. The molecule has 0 aromatic heterocycles. The van der Waals surface area contributed by atoms with Crippen LogP contribution in [0.1, 0.15) is 34.1 Å². The second-order valence-electron chi connectivity index (χ2n) is 5.91. The van der Waals surface area contributed by atoms with Gasteiger partial charge in [0, 0.05) is 26.6 Å². The monoisotopic (exact) mass is 286 g/mol. The van der Waals surface area contributed by atoms with Gasteiger partial charge in [0.25, 0.3) is 0 Å². The quantitative estimate of drug-likeness (QED) is 0.491. The summed E-state index contributed by atoms with van der Waals surface area (Å²) >= 11 is 0. The van der Waals surface area contributed by atoms with E-state index in [0.717, 1.165) is 19.5 Å². The van der Waals surface area contributed by atoms with Crippen molar-refractivity contribution in [2.75, 3.05) is 39.3 Å². The van der Waals surface area contributed by atoms with Crippen LogP contribution < -0.4 is 16.4 Å². The second-order valence-corrected chi connectivity index (χ2v) is 5.91. The van der Waals surface area contributed by atoms with E-state index in [2.05, 4.69) is 36.3 Å². The van der Waals surface area contributed by atoms with Crippen molar-refractivity contribution >= 4 is 11.8 Å². The summed E-state index contributed by atoms with van der Waals surface area (Å²) in [7, 11) is 0. The first-order valence-corrected chi connectivity index (χ1v) is 7.24. The van der Waals surface area contributed by atoms with Gasteiger partial charge >= 0.3 is 0 Å². The fraction of sp³-hybridized carbons (Fsp3) is 0.857. The standard InChI is InChI=1S/C14H30N4O2/c1-5-8-18(11-14(3,4)10-15)9-13(20)17-7-6-16-12(2)19/h5-11,15H2,1-4H3,(H,16,19)(H,17,20). The van der Waals surface area contributed by atoms with Gasteiger partial charge in [-0.15, -0.1) is 0 Å². The van der Waals surface area contributed by atoms with Crippen LogP contribution in [0, 0.1) is 5.41 Å².